The van der Waals surface area contributed by atoms with Gasteiger partial charge in [0.1, 0.15) is 0 Å². The maximum absolute atomic E-state index is 10.2. The maximum Gasteiger partial charge on any atom is 0.167 e. The van der Waals surface area contributed by atoms with Crippen molar-refractivity contribution >= 4 is 0 Å². The highest BCUT2D eigenvalue weighted by Gasteiger charge is 2.43. The first-order valence-electron chi connectivity index (χ1n) is 7.02. The van der Waals surface area contributed by atoms with Crippen LogP contribution in [0, 0.1) is 5.92 Å². The molecule has 1 aromatic heterocycles. The van der Waals surface area contributed by atoms with Crippen LogP contribution in [0.15, 0.2) is 40.9 Å². The van der Waals surface area contributed by atoms with Gasteiger partial charge < -0.3 is 9.63 Å². The second-order valence-corrected chi connectivity index (χ2v) is 5.95. The molecule has 3 rings (SSSR count). The van der Waals surface area contributed by atoms with Gasteiger partial charge in [-0.1, -0.05) is 49.3 Å². The molecule has 0 unspecified atom stereocenters. The Labute approximate surface area is 119 Å². The van der Waals surface area contributed by atoms with Gasteiger partial charge in [0, 0.05) is 31.3 Å². The quantitative estimate of drug-likeness (QED) is 0.929. The molecule has 2 heterocycles. The second kappa shape index (κ2) is 5.04. The van der Waals surface area contributed by atoms with E-state index in [0.29, 0.717) is 13.1 Å². The molecule has 2 aromatic rings. The molecular formula is C16H20N2O2. The summed E-state index contributed by atoms with van der Waals surface area (Å²) in [6, 6.07) is 11.9. The SMILES string of the molecule is CC(C)C1(O)CN(Cc2cc(-c3ccccc3)on2)C1. The van der Waals surface area contributed by atoms with E-state index in [2.05, 4.69) is 23.9 Å². The first kappa shape index (κ1) is 13.3. The summed E-state index contributed by atoms with van der Waals surface area (Å²) in [4.78, 5) is 2.19. The minimum absolute atomic E-state index is 0.288. The molecule has 1 aliphatic rings. The summed E-state index contributed by atoms with van der Waals surface area (Å²) in [5, 5.41) is 14.3. The lowest BCUT2D eigenvalue weighted by Gasteiger charge is -2.48. The number of rotatable bonds is 4. The van der Waals surface area contributed by atoms with Gasteiger partial charge in [0.25, 0.3) is 0 Å². The lowest BCUT2D eigenvalue weighted by Crippen LogP contribution is -2.63. The number of hydrogen-bond acceptors (Lipinski definition) is 4. The summed E-state index contributed by atoms with van der Waals surface area (Å²) in [6.07, 6.45) is 0. The molecule has 0 spiro atoms. The summed E-state index contributed by atoms with van der Waals surface area (Å²) in [5.41, 5.74) is 1.41. The minimum atomic E-state index is -0.536. The van der Waals surface area contributed by atoms with Crippen LogP contribution >= 0.6 is 0 Å². The molecule has 0 atom stereocenters. The standard InChI is InChI=1S/C16H20N2O2/c1-12(2)16(19)10-18(11-16)9-14-8-15(20-17-14)13-6-4-3-5-7-13/h3-8,12,19H,9-11H2,1-2H3. The van der Waals surface area contributed by atoms with Crippen molar-refractivity contribution in [2.24, 2.45) is 5.92 Å². The van der Waals surface area contributed by atoms with E-state index >= 15 is 0 Å². The normalized spacial score (nSPS) is 18.2. The molecule has 1 N–H and O–H groups in total. The summed E-state index contributed by atoms with van der Waals surface area (Å²) >= 11 is 0. The van der Waals surface area contributed by atoms with Crippen LogP contribution in [-0.4, -0.2) is 33.9 Å². The van der Waals surface area contributed by atoms with Crippen molar-refractivity contribution in [3.8, 4) is 11.3 Å². The average molecular weight is 272 g/mol. The third kappa shape index (κ3) is 2.49. The van der Waals surface area contributed by atoms with Crippen LogP contribution in [0.4, 0.5) is 0 Å². The van der Waals surface area contributed by atoms with E-state index in [-0.39, 0.29) is 5.92 Å². The molecule has 1 fully saturated rings. The summed E-state index contributed by atoms with van der Waals surface area (Å²) in [7, 11) is 0. The zero-order chi connectivity index (χ0) is 14.2. The monoisotopic (exact) mass is 272 g/mol. The molecule has 1 aliphatic heterocycles. The second-order valence-electron chi connectivity index (χ2n) is 5.95. The summed E-state index contributed by atoms with van der Waals surface area (Å²) in [6.45, 7) is 6.25. The molecule has 1 saturated heterocycles. The van der Waals surface area contributed by atoms with Gasteiger partial charge in [-0.05, 0) is 5.92 Å². The van der Waals surface area contributed by atoms with E-state index in [0.717, 1.165) is 23.6 Å². The smallest absolute Gasteiger partial charge is 0.167 e. The number of benzene rings is 1. The van der Waals surface area contributed by atoms with Gasteiger partial charge in [-0.25, -0.2) is 0 Å². The van der Waals surface area contributed by atoms with Crippen LogP contribution in [-0.2, 0) is 6.54 Å². The largest absolute Gasteiger partial charge is 0.387 e. The zero-order valence-corrected chi connectivity index (χ0v) is 11.9. The Kier molecular flexibility index (Phi) is 3.36. The van der Waals surface area contributed by atoms with Crippen LogP contribution in [0.1, 0.15) is 19.5 Å². The highest BCUT2D eigenvalue weighted by molar-refractivity contribution is 5.56. The van der Waals surface area contributed by atoms with Crippen molar-refractivity contribution in [2.45, 2.75) is 26.0 Å². The molecule has 106 valence electrons. The Bertz CT molecular complexity index is 571. The van der Waals surface area contributed by atoms with E-state index in [1.165, 1.54) is 0 Å². The maximum atomic E-state index is 10.2. The molecule has 0 radical (unpaired) electrons. The lowest BCUT2D eigenvalue weighted by molar-refractivity contribution is -0.131. The van der Waals surface area contributed by atoms with Gasteiger partial charge in [0.05, 0.1) is 11.3 Å². The number of aliphatic hydroxyl groups is 1. The Hall–Kier alpha value is -1.65. The van der Waals surface area contributed by atoms with E-state index in [1.54, 1.807) is 0 Å². The fourth-order valence-electron chi connectivity index (χ4n) is 2.56. The summed E-state index contributed by atoms with van der Waals surface area (Å²) in [5.74, 6) is 1.08. The Balaban J connectivity index is 1.62. The van der Waals surface area contributed by atoms with Crippen molar-refractivity contribution in [1.29, 1.82) is 0 Å². The number of nitrogens with zero attached hydrogens (tertiary/aromatic N) is 2. The van der Waals surface area contributed by atoms with Crippen molar-refractivity contribution in [3.63, 3.8) is 0 Å². The lowest BCUT2D eigenvalue weighted by atomic mass is 9.83. The van der Waals surface area contributed by atoms with Gasteiger partial charge in [0.2, 0.25) is 0 Å². The van der Waals surface area contributed by atoms with Gasteiger partial charge in [0.15, 0.2) is 5.76 Å². The molecule has 1 aromatic carbocycles. The number of likely N-dealkylation sites (tertiary alicyclic amines) is 1. The van der Waals surface area contributed by atoms with Crippen molar-refractivity contribution in [1.82, 2.24) is 10.1 Å². The molecule has 0 aliphatic carbocycles. The first-order chi connectivity index (χ1) is 9.57. The molecule has 0 saturated carbocycles. The summed E-state index contributed by atoms with van der Waals surface area (Å²) < 4.78 is 5.38. The van der Waals surface area contributed by atoms with Crippen LogP contribution in [0.25, 0.3) is 11.3 Å². The van der Waals surface area contributed by atoms with Crippen LogP contribution in [0.2, 0.25) is 0 Å². The number of hydrogen-bond donors (Lipinski definition) is 1. The van der Waals surface area contributed by atoms with Crippen LogP contribution in [0.5, 0.6) is 0 Å². The van der Waals surface area contributed by atoms with E-state index in [9.17, 15) is 5.11 Å². The number of aromatic nitrogens is 1. The third-order valence-corrected chi connectivity index (χ3v) is 4.07. The average Bonchev–Trinajstić information content (AvgIpc) is 2.86. The Morgan fingerprint density at radius 2 is 2.00 bits per heavy atom. The molecule has 0 amide bonds. The number of β-amino-alcohol motifs (C(OH)–C–C–N with tert-alkyl or cyclic N) is 1. The van der Waals surface area contributed by atoms with E-state index in [4.69, 9.17) is 4.52 Å². The highest BCUT2D eigenvalue weighted by atomic mass is 16.5. The van der Waals surface area contributed by atoms with Crippen LogP contribution < -0.4 is 0 Å². The highest BCUT2D eigenvalue weighted by Crippen LogP contribution is 2.30. The van der Waals surface area contributed by atoms with Crippen molar-refractivity contribution in [3.05, 3.63) is 42.1 Å². The fraction of sp³-hybridized carbons (Fsp3) is 0.438. The van der Waals surface area contributed by atoms with E-state index in [1.807, 2.05) is 36.4 Å². The van der Waals surface area contributed by atoms with Gasteiger partial charge in [-0.15, -0.1) is 0 Å². The molecule has 4 heteroatoms. The zero-order valence-electron chi connectivity index (χ0n) is 11.9. The predicted molar refractivity (Wildman–Crippen MR) is 77.0 cm³/mol. The van der Waals surface area contributed by atoms with E-state index < -0.39 is 5.60 Å². The van der Waals surface area contributed by atoms with Crippen molar-refractivity contribution < 1.29 is 9.63 Å². The van der Waals surface area contributed by atoms with Gasteiger partial charge in [-0.3, -0.25) is 4.90 Å². The fourth-order valence-corrected chi connectivity index (χ4v) is 2.56. The topological polar surface area (TPSA) is 49.5 Å². The predicted octanol–water partition coefficient (Wildman–Crippen LogP) is 2.54. The van der Waals surface area contributed by atoms with Crippen molar-refractivity contribution in [2.75, 3.05) is 13.1 Å². The Morgan fingerprint density at radius 3 is 2.65 bits per heavy atom. The molecule has 0 bridgehead atoms. The van der Waals surface area contributed by atoms with Gasteiger partial charge in [-0.2, -0.15) is 0 Å². The van der Waals surface area contributed by atoms with Gasteiger partial charge >= 0.3 is 0 Å². The van der Waals surface area contributed by atoms with Crippen LogP contribution in [0.3, 0.4) is 0 Å². The Morgan fingerprint density at radius 1 is 1.30 bits per heavy atom. The molecule has 4 nitrogen and oxygen atoms in total. The molecular weight excluding hydrogens is 252 g/mol. The molecule has 20 heavy (non-hydrogen) atoms. The first-order valence-corrected chi connectivity index (χ1v) is 7.02. The third-order valence-electron chi connectivity index (χ3n) is 4.07. The minimum Gasteiger partial charge on any atom is -0.387 e.